The summed E-state index contributed by atoms with van der Waals surface area (Å²) in [5.41, 5.74) is 9.74. The van der Waals surface area contributed by atoms with Gasteiger partial charge in [-0.1, -0.05) is 29.8 Å². The van der Waals surface area contributed by atoms with Crippen molar-refractivity contribution in [1.29, 1.82) is 0 Å². The van der Waals surface area contributed by atoms with Gasteiger partial charge in [0.25, 0.3) is 5.91 Å². The van der Waals surface area contributed by atoms with Crippen LogP contribution in [-0.4, -0.2) is 11.9 Å². The van der Waals surface area contributed by atoms with Gasteiger partial charge in [-0.05, 0) is 55.5 Å². The number of hydrogen-bond donors (Lipinski definition) is 4. The number of nitrogens with two attached hydrogens (primary N) is 1. The zero-order valence-corrected chi connectivity index (χ0v) is 14.8. The molecule has 0 unspecified atom stereocenters. The first-order valence-corrected chi connectivity index (χ1v) is 8.42. The molecule has 0 aromatic heterocycles. The summed E-state index contributed by atoms with van der Waals surface area (Å²) in [4.78, 5) is 24.3. The van der Waals surface area contributed by atoms with Crippen molar-refractivity contribution in [3.63, 3.8) is 0 Å². The fraction of sp³-hybridized carbons (Fsp3) is 0.0476. The Balaban J connectivity index is 1.58. The third-order valence-corrected chi connectivity index (χ3v) is 3.92. The average molecular weight is 360 g/mol. The predicted octanol–water partition coefficient (Wildman–Crippen LogP) is 4.47. The second kappa shape index (κ2) is 8.05. The Bertz CT molecular complexity index is 951. The normalized spacial score (nSPS) is 10.1. The number of para-hydroxylation sites is 2. The van der Waals surface area contributed by atoms with Crippen LogP contribution in [0.2, 0.25) is 0 Å². The molecule has 0 aliphatic rings. The number of nitrogen functional groups attached to an aromatic ring is 1. The van der Waals surface area contributed by atoms with Gasteiger partial charge in [0.15, 0.2) is 0 Å². The molecule has 3 rings (SSSR count). The van der Waals surface area contributed by atoms with Crippen molar-refractivity contribution in [2.75, 3.05) is 21.7 Å². The maximum absolute atomic E-state index is 12.2. The number of aryl methyl sites for hydroxylation is 1. The third kappa shape index (κ3) is 4.85. The van der Waals surface area contributed by atoms with Gasteiger partial charge in [-0.2, -0.15) is 0 Å². The summed E-state index contributed by atoms with van der Waals surface area (Å²) in [5.74, 6) is -0.187. The van der Waals surface area contributed by atoms with Gasteiger partial charge in [0.1, 0.15) is 0 Å². The van der Waals surface area contributed by atoms with Crippen LogP contribution in [0.4, 0.5) is 27.5 Å². The van der Waals surface area contributed by atoms with Crippen LogP contribution in [0.3, 0.4) is 0 Å². The lowest BCUT2D eigenvalue weighted by Crippen LogP contribution is -2.20. The molecule has 27 heavy (non-hydrogen) atoms. The molecule has 0 fully saturated rings. The van der Waals surface area contributed by atoms with Crippen LogP contribution < -0.4 is 21.7 Å². The molecule has 136 valence electrons. The fourth-order valence-electron chi connectivity index (χ4n) is 2.44. The molecule has 0 heterocycles. The first-order chi connectivity index (χ1) is 13.0. The van der Waals surface area contributed by atoms with Crippen LogP contribution in [0.1, 0.15) is 15.9 Å². The molecule has 3 amide bonds. The molecule has 0 saturated heterocycles. The molecule has 0 aliphatic carbocycles. The summed E-state index contributed by atoms with van der Waals surface area (Å²) in [6, 6.07) is 20.8. The van der Waals surface area contributed by atoms with E-state index in [4.69, 9.17) is 5.73 Å². The molecule has 3 aromatic rings. The van der Waals surface area contributed by atoms with Crippen LogP contribution in [0, 0.1) is 6.92 Å². The van der Waals surface area contributed by atoms with Gasteiger partial charge in [0.2, 0.25) is 0 Å². The number of amides is 3. The standard InChI is InChI=1S/C21H20N4O2/c1-14-6-8-15(9-7-14)20(26)23-16-10-12-17(13-11-16)24-21(27)25-19-5-3-2-4-18(19)22/h2-13H,22H2,1H3,(H,23,26)(H2,24,25,27). The van der Waals surface area contributed by atoms with E-state index in [2.05, 4.69) is 16.0 Å². The number of carbonyl (C=O) groups is 2. The molecular weight excluding hydrogens is 340 g/mol. The molecular formula is C21H20N4O2. The maximum Gasteiger partial charge on any atom is 0.323 e. The Labute approximate surface area is 157 Å². The Kier molecular flexibility index (Phi) is 5.37. The highest BCUT2D eigenvalue weighted by Crippen LogP contribution is 2.18. The van der Waals surface area contributed by atoms with Crippen molar-refractivity contribution < 1.29 is 9.59 Å². The van der Waals surface area contributed by atoms with Crippen LogP contribution in [0.5, 0.6) is 0 Å². The zero-order valence-electron chi connectivity index (χ0n) is 14.8. The SMILES string of the molecule is Cc1ccc(C(=O)Nc2ccc(NC(=O)Nc3ccccc3N)cc2)cc1. The number of rotatable bonds is 4. The zero-order chi connectivity index (χ0) is 19.2. The Morgan fingerprint density at radius 1 is 0.741 bits per heavy atom. The summed E-state index contributed by atoms with van der Waals surface area (Å²) in [7, 11) is 0. The molecule has 6 heteroatoms. The number of carbonyl (C=O) groups excluding carboxylic acids is 2. The summed E-state index contributed by atoms with van der Waals surface area (Å²) in [5, 5.41) is 8.23. The minimum Gasteiger partial charge on any atom is -0.397 e. The maximum atomic E-state index is 12.2. The van der Waals surface area contributed by atoms with E-state index in [1.54, 1.807) is 60.7 Å². The van der Waals surface area contributed by atoms with Crippen molar-refractivity contribution in [3.8, 4) is 0 Å². The van der Waals surface area contributed by atoms with Crippen LogP contribution in [-0.2, 0) is 0 Å². The minimum atomic E-state index is -0.399. The Hall–Kier alpha value is -3.80. The smallest absolute Gasteiger partial charge is 0.323 e. The van der Waals surface area contributed by atoms with E-state index in [1.807, 2.05) is 19.1 Å². The summed E-state index contributed by atoms with van der Waals surface area (Å²) in [6.07, 6.45) is 0. The molecule has 0 aliphatic heterocycles. The molecule has 0 radical (unpaired) electrons. The van der Waals surface area contributed by atoms with Crippen molar-refractivity contribution in [2.24, 2.45) is 0 Å². The van der Waals surface area contributed by atoms with Gasteiger partial charge >= 0.3 is 6.03 Å². The van der Waals surface area contributed by atoms with Gasteiger partial charge in [-0.25, -0.2) is 4.79 Å². The minimum absolute atomic E-state index is 0.187. The Morgan fingerprint density at radius 2 is 1.33 bits per heavy atom. The lowest BCUT2D eigenvalue weighted by Gasteiger charge is -2.10. The second-order valence-corrected chi connectivity index (χ2v) is 6.06. The molecule has 6 nitrogen and oxygen atoms in total. The van der Waals surface area contributed by atoms with E-state index in [0.29, 0.717) is 28.3 Å². The van der Waals surface area contributed by atoms with E-state index < -0.39 is 6.03 Å². The van der Waals surface area contributed by atoms with Gasteiger partial charge in [-0.15, -0.1) is 0 Å². The van der Waals surface area contributed by atoms with Crippen LogP contribution >= 0.6 is 0 Å². The number of benzene rings is 3. The average Bonchev–Trinajstić information content (AvgIpc) is 2.66. The van der Waals surface area contributed by atoms with Crippen molar-refractivity contribution in [2.45, 2.75) is 6.92 Å². The first kappa shape index (κ1) is 18.0. The van der Waals surface area contributed by atoms with E-state index in [0.717, 1.165) is 5.56 Å². The van der Waals surface area contributed by atoms with E-state index in [-0.39, 0.29) is 5.91 Å². The molecule has 0 spiro atoms. The van der Waals surface area contributed by atoms with Crippen molar-refractivity contribution in [1.82, 2.24) is 0 Å². The monoisotopic (exact) mass is 360 g/mol. The van der Waals surface area contributed by atoms with Gasteiger partial charge in [-0.3, -0.25) is 4.79 Å². The largest absolute Gasteiger partial charge is 0.397 e. The highest BCUT2D eigenvalue weighted by molar-refractivity contribution is 6.05. The lowest BCUT2D eigenvalue weighted by atomic mass is 10.1. The second-order valence-electron chi connectivity index (χ2n) is 6.06. The lowest BCUT2D eigenvalue weighted by molar-refractivity contribution is 0.102. The van der Waals surface area contributed by atoms with E-state index in [9.17, 15) is 9.59 Å². The molecule has 0 atom stereocenters. The number of urea groups is 1. The number of nitrogens with one attached hydrogen (secondary N) is 3. The number of hydrogen-bond acceptors (Lipinski definition) is 3. The molecule has 0 saturated carbocycles. The molecule has 0 bridgehead atoms. The molecule has 3 aromatic carbocycles. The highest BCUT2D eigenvalue weighted by Gasteiger charge is 2.07. The summed E-state index contributed by atoms with van der Waals surface area (Å²) in [6.45, 7) is 1.97. The van der Waals surface area contributed by atoms with Gasteiger partial charge < -0.3 is 21.7 Å². The van der Waals surface area contributed by atoms with Crippen LogP contribution in [0.25, 0.3) is 0 Å². The molecule has 5 N–H and O–H groups in total. The first-order valence-electron chi connectivity index (χ1n) is 8.42. The van der Waals surface area contributed by atoms with E-state index in [1.165, 1.54) is 0 Å². The predicted molar refractivity (Wildman–Crippen MR) is 109 cm³/mol. The number of anilines is 4. The quantitative estimate of drug-likeness (QED) is 0.517. The third-order valence-electron chi connectivity index (χ3n) is 3.92. The Morgan fingerprint density at radius 3 is 1.96 bits per heavy atom. The highest BCUT2D eigenvalue weighted by atomic mass is 16.2. The summed E-state index contributed by atoms with van der Waals surface area (Å²) >= 11 is 0. The fourth-order valence-corrected chi connectivity index (χ4v) is 2.44. The van der Waals surface area contributed by atoms with E-state index >= 15 is 0 Å². The van der Waals surface area contributed by atoms with Gasteiger partial charge in [0, 0.05) is 16.9 Å². The van der Waals surface area contributed by atoms with Crippen molar-refractivity contribution in [3.05, 3.63) is 83.9 Å². The topological polar surface area (TPSA) is 96.2 Å². The van der Waals surface area contributed by atoms with Crippen molar-refractivity contribution >= 4 is 34.7 Å². The van der Waals surface area contributed by atoms with Gasteiger partial charge in [0.05, 0.1) is 11.4 Å². The van der Waals surface area contributed by atoms with Crippen LogP contribution in [0.15, 0.2) is 72.8 Å². The summed E-state index contributed by atoms with van der Waals surface area (Å²) < 4.78 is 0.